The summed E-state index contributed by atoms with van der Waals surface area (Å²) < 4.78 is 31.6. The third-order valence-electron chi connectivity index (χ3n) is 3.45. The van der Waals surface area contributed by atoms with E-state index in [0.717, 1.165) is 4.31 Å². The number of aliphatic carboxylic acids is 1. The summed E-state index contributed by atoms with van der Waals surface area (Å²) in [5, 5.41) is 9.58. The maximum atomic E-state index is 12.7. The van der Waals surface area contributed by atoms with Gasteiger partial charge in [-0.25, -0.2) is 8.42 Å². The SMILES string of the molecule is COc1cc(Cl)ccc1S(=O)(=O)N1CCCC[C@@H]1C(=O)O. The van der Waals surface area contributed by atoms with Crippen molar-refractivity contribution in [2.24, 2.45) is 0 Å². The molecule has 116 valence electrons. The molecule has 1 atom stereocenters. The number of carbonyl (C=O) groups is 1. The van der Waals surface area contributed by atoms with Crippen molar-refractivity contribution in [3.63, 3.8) is 0 Å². The number of hydrogen-bond donors (Lipinski definition) is 1. The van der Waals surface area contributed by atoms with Crippen LogP contribution < -0.4 is 4.74 Å². The van der Waals surface area contributed by atoms with Crippen LogP contribution in [0.1, 0.15) is 19.3 Å². The van der Waals surface area contributed by atoms with Gasteiger partial charge in [-0.05, 0) is 31.4 Å². The summed E-state index contributed by atoms with van der Waals surface area (Å²) >= 11 is 5.83. The van der Waals surface area contributed by atoms with Crippen molar-refractivity contribution in [3.8, 4) is 5.75 Å². The minimum Gasteiger partial charge on any atom is -0.495 e. The van der Waals surface area contributed by atoms with Crippen molar-refractivity contribution in [2.75, 3.05) is 13.7 Å². The van der Waals surface area contributed by atoms with Gasteiger partial charge in [0.15, 0.2) is 0 Å². The molecular formula is C13H16ClNO5S. The zero-order valence-corrected chi connectivity index (χ0v) is 13.0. The first kappa shape index (κ1) is 16.1. The van der Waals surface area contributed by atoms with Crippen molar-refractivity contribution in [3.05, 3.63) is 23.2 Å². The molecule has 21 heavy (non-hydrogen) atoms. The number of methoxy groups -OCH3 is 1. The highest BCUT2D eigenvalue weighted by Crippen LogP contribution is 2.32. The number of ether oxygens (including phenoxy) is 1. The molecule has 0 bridgehead atoms. The Morgan fingerprint density at radius 1 is 1.43 bits per heavy atom. The Morgan fingerprint density at radius 2 is 2.14 bits per heavy atom. The van der Waals surface area contributed by atoms with Crippen LogP contribution in [-0.4, -0.2) is 43.5 Å². The quantitative estimate of drug-likeness (QED) is 0.910. The van der Waals surface area contributed by atoms with E-state index in [9.17, 15) is 18.3 Å². The van der Waals surface area contributed by atoms with Crippen LogP contribution >= 0.6 is 11.6 Å². The van der Waals surface area contributed by atoms with Gasteiger partial charge in [-0.15, -0.1) is 0 Å². The second-order valence-electron chi connectivity index (χ2n) is 4.76. The first-order valence-corrected chi connectivity index (χ1v) is 8.28. The van der Waals surface area contributed by atoms with E-state index in [4.69, 9.17) is 16.3 Å². The van der Waals surface area contributed by atoms with Crippen LogP contribution in [-0.2, 0) is 14.8 Å². The number of carboxylic acids is 1. The first-order valence-electron chi connectivity index (χ1n) is 6.46. The number of benzene rings is 1. The lowest BCUT2D eigenvalue weighted by Gasteiger charge is -2.32. The van der Waals surface area contributed by atoms with Crippen LogP contribution in [0.15, 0.2) is 23.1 Å². The summed E-state index contributed by atoms with van der Waals surface area (Å²) in [5.74, 6) is -1.02. The maximum Gasteiger partial charge on any atom is 0.322 e. The molecule has 0 aliphatic carbocycles. The Morgan fingerprint density at radius 3 is 2.76 bits per heavy atom. The van der Waals surface area contributed by atoms with Crippen LogP contribution in [0.5, 0.6) is 5.75 Å². The third-order valence-corrected chi connectivity index (χ3v) is 5.63. The second-order valence-corrected chi connectivity index (χ2v) is 7.06. The summed E-state index contributed by atoms with van der Waals surface area (Å²) in [6.07, 6.45) is 1.64. The zero-order valence-electron chi connectivity index (χ0n) is 11.5. The highest BCUT2D eigenvalue weighted by Gasteiger charge is 2.38. The Labute approximate surface area is 128 Å². The molecule has 8 heteroatoms. The van der Waals surface area contributed by atoms with E-state index in [1.54, 1.807) is 0 Å². The van der Waals surface area contributed by atoms with E-state index in [2.05, 4.69) is 0 Å². The van der Waals surface area contributed by atoms with Crippen molar-refractivity contribution in [1.29, 1.82) is 0 Å². The zero-order chi connectivity index (χ0) is 15.6. The average Bonchev–Trinajstić information content (AvgIpc) is 2.46. The summed E-state index contributed by atoms with van der Waals surface area (Å²) in [6, 6.07) is 3.14. The molecular weight excluding hydrogens is 318 g/mol. The van der Waals surface area contributed by atoms with Crippen molar-refractivity contribution in [2.45, 2.75) is 30.2 Å². The molecule has 2 rings (SSSR count). The van der Waals surface area contributed by atoms with Crippen molar-refractivity contribution in [1.82, 2.24) is 4.31 Å². The predicted octanol–water partition coefficient (Wildman–Crippen LogP) is 1.98. The topological polar surface area (TPSA) is 83.9 Å². The monoisotopic (exact) mass is 333 g/mol. The fourth-order valence-corrected chi connectivity index (χ4v) is 4.37. The Bertz CT molecular complexity index is 646. The van der Waals surface area contributed by atoms with E-state index in [-0.39, 0.29) is 17.2 Å². The standard InChI is InChI=1S/C13H16ClNO5S/c1-20-11-8-9(14)5-6-12(11)21(18,19)15-7-3-2-4-10(15)13(16)17/h5-6,8,10H,2-4,7H2,1H3,(H,16,17)/t10-/m1/s1. The molecule has 6 nitrogen and oxygen atoms in total. The minimum atomic E-state index is -3.95. The lowest BCUT2D eigenvalue weighted by atomic mass is 10.1. The smallest absolute Gasteiger partial charge is 0.322 e. The van der Waals surface area contributed by atoms with E-state index < -0.39 is 22.0 Å². The van der Waals surface area contributed by atoms with Gasteiger partial charge >= 0.3 is 5.97 Å². The van der Waals surface area contributed by atoms with Gasteiger partial charge in [0.1, 0.15) is 16.7 Å². The number of hydrogen-bond acceptors (Lipinski definition) is 4. The third kappa shape index (κ3) is 3.14. The van der Waals surface area contributed by atoms with Gasteiger partial charge in [0.2, 0.25) is 10.0 Å². The highest BCUT2D eigenvalue weighted by molar-refractivity contribution is 7.89. The molecule has 1 fully saturated rings. The average molecular weight is 334 g/mol. The van der Waals surface area contributed by atoms with Crippen LogP contribution in [0.2, 0.25) is 5.02 Å². The summed E-state index contributed by atoms with van der Waals surface area (Å²) in [4.78, 5) is 11.2. The molecule has 1 saturated heterocycles. The summed E-state index contributed by atoms with van der Waals surface area (Å²) in [5.41, 5.74) is 0. The van der Waals surface area contributed by atoms with E-state index in [0.29, 0.717) is 24.3 Å². The van der Waals surface area contributed by atoms with Crippen molar-refractivity contribution < 1.29 is 23.1 Å². The van der Waals surface area contributed by atoms with Gasteiger partial charge in [0, 0.05) is 17.6 Å². The number of carboxylic acid groups (broad SMARTS) is 1. The molecule has 1 aliphatic rings. The minimum absolute atomic E-state index is 0.0671. The van der Waals surface area contributed by atoms with E-state index in [1.807, 2.05) is 0 Å². The van der Waals surface area contributed by atoms with Gasteiger partial charge in [-0.1, -0.05) is 11.6 Å². The number of halogens is 1. The molecule has 1 heterocycles. The molecule has 0 radical (unpaired) electrons. The molecule has 0 spiro atoms. The molecule has 1 N–H and O–H groups in total. The Hall–Kier alpha value is -1.31. The Kier molecular flexibility index (Phi) is 4.75. The fourth-order valence-electron chi connectivity index (χ4n) is 2.42. The normalized spacial score (nSPS) is 20.2. The van der Waals surface area contributed by atoms with Crippen LogP contribution in [0.25, 0.3) is 0 Å². The molecule has 0 amide bonds. The number of rotatable bonds is 4. The summed E-state index contributed by atoms with van der Waals surface area (Å²) in [6.45, 7) is 0.186. The molecule has 0 saturated carbocycles. The van der Waals surface area contributed by atoms with Gasteiger partial charge in [0.25, 0.3) is 0 Å². The van der Waals surface area contributed by atoms with Crippen LogP contribution in [0, 0.1) is 0 Å². The second kappa shape index (κ2) is 6.21. The number of nitrogens with zero attached hydrogens (tertiary/aromatic N) is 1. The molecule has 0 unspecified atom stereocenters. The molecule has 1 aromatic rings. The number of sulfonamides is 1. The lowest BCUT2D eigenvalue weighted by molar-refractivity contribution is -0.142. The Balaban J connectivity index is 2.48. The van der Waals surface area contributed by atoms with Crippen molar-refractivity contribution >= 4 is 27.6 Å². The number of piperidine rings is 1. The van der Waals surface area contributed by atoms with E-state index >= 15 is 0 Å². The highest BCUT2D eigenvalue weighted by atomic mass is 35.5. The molecule has 0 aromatic heterocycles. The largest absolute Gasteiger partial charge is 0.495 e. The predicted molar refractivity (Wildman–Crippen MR) is 77.2 cm³/mol. The van der Waals surface area contributed by atoms with Crippen LogP contribution in [0.3, 0.4) is 0 Å². The first-order chi connectivity index (χ1) is 9.87. The van der Waals surface area contributed by atoms with Crippen LogP contribution in [0.4, 0.5) is 0 Å². The van der Waals surface area contributed by atoms with Gasteiger partial charge in [-0.3, -0.25) is 4.79 Å². The van der Waals surface area contributed by atoms with Gasteiger partial charge in [-0.2, -0.15) is 4.31 Å². The fraction of sp³-hybridized carbons (Fsp3) is 0.462. The maximum absolute atomic E-state index is 12.7. The summed E-state index contributed by atoms with van der Waals surface area (Å²) in [7, 11) is -2.60. The van der Waals surface area contributed by atoms with E-state index in [1.165, 1.54) is 25.3 Å². The lowest BCUT2D eigenvalue weighted by Crippen LogP contribution is -2.47. The molecule has 1 aromatic carbocycles. The molecule has 1 aliphatic heterocycles. The van der Waals surface area contributed by atoms with Gasteiger partial charge < -0.3 is 9.84 Å². The van der Waals surface area contributed by atoms with Gasteiger partial charge in [0.05, 0.1) is 7.11 Å².